The lowest BCUT2D eigenvalue weighted by Gasteiger charge is -2.12. The largest absolute Gasteiger partial charge is 0.488 e. The van der Waals surface area contributed by atoms with Crippen molar-refractivity contribution in [3.05, 3.63) is 68.3 Å². The first-order chi connectivity index (χ1) is 13.3. The van der Waals surface area contributed by atoms with Crippen LogP contribution in [0.1, 0.15) is 18.1 Å². The van der Waals surface area contributed by atoms with Crippen LogP contribution >= 0.6 is 35.0 Å². The Kier molecular flexibility index (Phi) is 6.39. The molecule has 144 valence electrons. The van der Waals surface area contributed by atoms with Crippen molar-refractivity contribution in [2.75, 3.05) is 0 Å². The van der Waals surface area contributed by atoms with Crippen LogP contribution in [0.4, 0.5) is 4.39 Å². The quantitative estimate of drug-likeness (QED) is 0.694. The molecule has 3 rings (SSSR count). The Morgan fingerprint density at radius 3 is 2.82 bits per heavy atom. The van der Waals surface area contributed by atoms with Crippen LogP contribution in [0.5, 0.6) is 5.75 Å². The van der Waals surface area contributed by atoms with Crippen LogP contribution in [0, 0.1) is 5.82 Å². The van der Waals surface area contributed by atoms with Gasteiger partial charge in [0.25, 0.3) is 5.91 Å². The van der Waals surface area contributed by atoms with Crippen molar-refractivity contribution in [1.29, 1.82) is 0 Å². The summed E-state index contributed by atoms with van der Waals surface area (Å²) in [6, 6.07) is 9.21. The first-order valence-corrected chi connectivity index (χ1v) is 9.56. The normalized spacial score (nSPS) is 14.9. The van der Waals surface area contributed by atoms with E-state index in [2.05, 4.69) is 10.3 Å². The van der Waals surface area contributed by atoms with Crippen LogP contribution in [-0.4, -0.2) is 17.0 Å². The number of amidine groups is 1. The van der Waals surface area contributed by atoms with Gasteiger partial charge in [-0.2, -0.15) is 4.99 Å². The number of hydrogen-bond donors (Lipinski definition) is 1. The molecule has 9 heteroatoms. The van der Waals surface area contributed by atoms with E-state index in [4.69, 9.17) is 27.9 Å². The Morgan fingerprint density at radius 1 is 1.32 bits per heavy atom. The number of thioether (sulfide) groups is 1. The van der Waals surface area contributed by atoms with Gasteiger partial charge in [-0.05, 0) is 48.2 Å². The van der Waals surface area contributed by atoms with E-state index in [0.717, 1.165) is 11.8 Å². The third kappa shape index (κ3) is 4.92. The molecular formula is C19H13Cl2FN2O3S. The summed E-state index contributed by atoms with van der Waals surface area (Å²) < 4.78 is 19.7. The summed E-state index contributed by atoms with van der Waals surface area (Å²) in [5.41, 5.74) is 0.732. The van der Waals surface area contributed by atoms with E-state index in [9.17, 15) is 14.0 Å². The number of nitrogens with one attached hydrogen (secondary N) is 1. The van der Waals surface area contributed by atoms with Gasteiger partial charge in [-0.15, -0.1) is 0 Å². The second kappa shape index (κ2) is 8.77. The van der Waals surface area contributed by atoms with E-state index < -0.39 is 11.7 Å². The van der Waals surface area contributed by atoms with Gasteiger partial charge in [0.2, 0.25) is 5.91 Å². The molecule has 0 spiro atoms. The zero-order chi connectivity index (χ0) is 20.3. The van der Waals surface area contributed by atoms with Gasteiger partial charge in [0.05, 0.1) is 9.93 Å². The summed E-state index contributed by atoms with van der Waals surface area (Å²) in [5.74, 6) is -0.903. The van der Waals surface area contributed by atoms with Crippen molar-refractivity contribution in [1.82, 2.24) is 5.32 Å². The predicted molar refractivity (Wildman–Crippen MR) is 109 cm³/mol. The Hall–Kier alpha value is -2.35. The minimum absolute atomic E-state index is 0.0992. The fraction of sp³-hybridized carbons (Fsp3) is 0.105. The van der Waals surface area contributed by atoms with Gasteiger partial charge < -0.3 is 10.1 Å². The molecule has 28 heavy (non-hydrogen) atoms. The Balaban J connectivity index is 1.84. The number of carbonyl (C=O) groups is 2. The lowest BCUT2D eigenvalue weighted by atomic mass is 10.1. The van der Waals surface area contributed by atoms with Gasteiger partial charge in [-0.25, -0.2) is 4.39 Å². The van der Waals surface area contributed by atoms with Crippen molar-refractivity contribution >= 4 is 58.0 Å². The molecule has 2 aromatic rings. The molecule has 0 fully saturated rings. The van der Waals surface area contributed by atoms with Crippen molar-refractivity contribution in [3.8, 4) is 5.75 Å². The maximum atomic E-state index is 13.9. The van der Waals surface area contributed by atoms with Crippen molar-refractivity contribution in [2.24, 2.45) is 4.99 Å². The third-order valence-corrected chi connectivity index (χ3v) is 5.08. The van der Waals surface area contributed by atoms with Gasteiger partial charge in [-0.3, -0.25) is 9.59 Å². The number of benzene rings is 2. The first-order valence-electron chi connectivity index (χ1n) is 7.99. The van der Waals surface area contributed by atoms with E-state index >= 15 is 0 Å². The van der Waals surface area contributed by atoms with Crippen LogP contribution < -0.4 is 10.1 Å². The molecule has 5 nitrogen and oxygen atoms in total. The fourth-order valence-corrected chi connectivity index (χ4v) is 3.59. The molecule has 1 aliphatic heterocycles. The smallest absolute Gasteiger partial charge is 0.286 e. The number of carbonyl (C=O) groups excluding carboxylic acids is 2. The van der Waals surface area contributed by atoms with Crippen LogP contribution in [0.3, 0.4) is 0 Å². The summed E-state index contributed by atoms with van der Waals surface area (Å²) in [4.78, 5) is 27.3. The molecular weight excluding hydrogens is 426 g/mol. The number of hydrogen-bond acceptors (Lipinski definition) is 4. The second-order valence-electron chi connectivity index (χ2n) is 5.68. The molecule has 0 saturated heterocycles. The number of halogens is 3. The van der Waals surface area contributed by atoms with Gasteiger partial charge >= 0.3 is 0 Å². The second-order valence-corrected chi connectivity index (χ2v) is 7.56. The van der Waals surface area contributed by atoms with E-state index in [1.54, 1.807) is 30.3 Å². The lowest BCUT2D eigenvalue weighted by Crippen LogP contribution is -2.23. The third-order valence-electron chi connectivity index (χ3n) is 3.60. The van der Waals surface area contributed by atoms with E-state index in [1.807, 2.05) is 0 Å². The Labute approximate surface area is 174 Å². The minimum atomic E-state index is -0.489. The van der Waals surface area contributed by atoms with Gasteiger partial charge in [0.1, 0.15) is 18.2 Å². The number of nitrogens with zero attached hydrogens (tertiary/aromatic N) is 1. The molecule has 0 radical (unpaired) electrons. The zero-order valence-electron chi connectivity index (χ0n) is 14.5. The Morgan fingerprint density at radius 2 is 2.11 bits per heavy atom. The van der Waals surface area contributed by atoms with Gasteiger partial charge in [0.15, 0.2) is 5.17 Å². The predicted octanol–water partition coefficient (Wildman–Crippen LogP) is 4.82. The highest BCUT2D eigenvalue weighted by molar-refractivity contribution is 8.18. The van der Waals surface area contributed by atoms with Crippen molar-refractivity contribution < 1.29 is 18.7 Å². The summed E-state index contributed by atoms with van der Waals surface area (Å²) in [7, 11) is 0. The van der Waals surface area contributed by atoms with E-state index in [1.165, 1.54) is 19.1 Å². The number of aliphatic imine (C=N–C) groups is 1. The monoisotopic (exact) mass is 438 g/mol. The topological polar surface area (TPSA) is 67.8 Å². The summed E-state index contributed by atoms with van der Waals surface area (Å²) in [6.07, 6.45) is 1.55. The molecule has 0 saturated carbocycles. The highest BCUT2D eigenvalue weighted by Gasteiger charge is 2.23. The maximum Gasteiger partial charge on any atom is 0.286 e. The number of amides is 2. The SMILES string of the molecule is CC(=O)NC1=NC(=O)C(=Cc2cc(Cl)ccc2OCc2c(F)cccc2Cl)S1. The molecule has 2 aromatic carbocycles. The van der Waals surface area contributed by atoms with Gasteiger partial charge in [-0.1, -0.05) is 29.3 Å². The van der Waals surface area contributed by atoms with Crippen LogP contribution in [0.2, 0.25) is 10.0 Å². The van der Waals surface area contributed by atoms with Crippen molar-refractivity contribution in [2.45, 2.75) is 13.5 Å². The summed E-state index contributed by atoms with van der Waals surface area (Å²) in [6.45, 7) is 1.23. The lowest BCUT2D eigenvalue weighted by molar-refractivity contribution is -0.117. The molecule has 0 bridgehead atoms. The zero-order valence-corrected chi connectivity index (χ0v) is 16.8. The molecule has 0 unspecified atom stereocenters. The molecule has 0 aliphatic carbocycles. The number of rotatable bonds is 4. The fourth-order valence-electron chi connectivity index (χ4n) is 2.34. The highest BCUT2D eigenvalue weighted by atomic mass is 35.5. The molecule has 1 aliphatic rings. The number of ether oxygens (including phenoxy) is 1. The van der Waals surface area contributed by atoms with Crippen LogP contribution in [-0.2, 0) is 16.2 Å². The summed E-state index contributed by atoms with van der Waals surface area (Å²) in [5, 5.41) is 3.36. The van der Waals surface area contributed by atoms with Crippen LogP contribution in [0.25, 0.3) is 6.08 Å². The average molecular weight is 439 g/mol. The Bertz CT molecular complexity index is 1000. The molecule has 1 N–H and O–H groups in total. The van der Waals surface area contributed by atoms with Crippen LogP contribution in [0.15, 0.2) is 46.3 Å². The van der Waals surface area contributed by atoms with E-state index in [-0.39, 0.29) is 28.3 Å². The molecule has 0 atom stereocenters. The minimum Gasteiger partial charge on any atom is -0.488 e. The molecule has 1 heterocycles. The maximum absolute atomic E-state index is 13.9. The molecule has 0 aromatic heterocycles. The first kappa shape index (κ1) is 20.4. The molecule has 2 amide bonds. The highest BCUT2D eigenvalue weighted by Crippen LogP contribution is 2.32. The standard InChI is InChI=1S/C19H13Cl2FN2O3S/c1-10(25)23-19-24-18(26)17(28-19)8-11-7-12(20)5-6-16(11)27-9-13-14(21)3-2-4-15(13)22/h2-8H,9H2,1H3,(H,23,24,25,26). The summed E-state index contributed by atoms with van der Waals surface area (Å²) >= 11 is 13.1. The van der Waals surface area contributed by atoms with Crippen molar-refractivity contribution in [3.63, 3.8) is 0 Å². The van der Waals surface area contributed by atoms with Gasteiger partial charge in [0, 0.05) is 23.1 Å². The van der Waals surface area contributed by atoms with E-state index in [0.29, 0.717) is 21.2 Å². The average Bonchev–Trinajstić information content (AvgIpc) is 2.94.